The average Bonchev–Trinajstić information content (AvgIpc) is 3.21. The number of piperidine rings is 1. The number of likely N-dealkylation sites (tertiary alicyclic amines) is 1. The third-order valence-corrected chi connectivity index (χ3v) is 6.16. The van der Waals surface area contributed by atoms with Crippen molar-refractivity contribution in [2.75, 3.05) is 46.2 Å². The van der Waals surface area contributed by atoms with Crippen molar-refractivity contribution in [1.82, 2.24) is 14.2 Å². The molecule has 158 valence electrons. The molecule has 1 aliphatic rings. The molecule has 6 heteroatoms. The van der Waals surface area contributed by atoms with Gasteiger partial charge in [-0.25, -0.2) is 0 Å². The first-order valence-electron chi connectivity index (χ1n) is 10.4. The van der Waals surface area contributed by atoms with E-state index in [1.807, 2.05) is 54.5 Å². The van der Waals surface area contributed by atoms with Gasteiger partial charge in [0, 0.05) is 43.6 Å². The summed E-state index contributed by atoms with van der Waals surface area (Å²) in [7, 11) is 7.93. The van der Waals surface area contributed by atoms with Gasteiger partial charge in [-0.3, -0.25) is 4.79 Å². The summed E-state index contributed by atoms with van der Waals surface area (Å²) in [4.78, 5) is 19.5. The third-order valence-electron chi connectivity index (χ3n) is 6.16. The molecule has 1 saturated heterocycles. The molecule has 1 amide bonds. The fourth-order valence-corrected chi connectivity index (χ4v) is 4.19. The second-order valence-electron chi connectivity index (χ2n) is 8.15. The molecule has 0 radical (unpaired) electrons. The summed E-state index contributed by atoms with van der Waals surface area (Å²) in [6, 6.07) is 16.6. The molecule has 0 unspecified atom stereocenters. The highest BCUT2D eigenvalue weighted by atomic mass is 16.5. The number of carbonyl (C=O) groups is 1. The number of carbonyl (C=O) groups excluding carboxylic acids is 1. The zero-order chi connectivity index (χ0) is 21.3. The predicted octanol–water partition coefficient (Wildman–Crippen LogP) is 3.88. The van der Waals surface area contributed by atoms with Crippen LogP contribution in [-0.4, -0.2) is 67.5 Å². The van der Waals surface area contributed by atoms with Crippen LogP contribution in [0, 0.1) is 0 Å². The number of methoxy groups -OCH3 is 1. The predicted molar refractivity (Wildman–Crippen MR) is 121 cm³/mol. The zero-order valence-electron chi connectivity index (χ0n) is 18.2. The number of fused-ring (bicyclic) bond motifs is 1. The molecule has 6 nitrogen and oxygen atoms in total. The van der Waals surface area contributed by atoms with Crippen LogP contribution >= 0.6 is 0 Å². The van der Waals surface area contributed by atoms with Crippen LogP contribution in [-0.2, 0) is 0 Å². The Kier molecular flexibility index (Phi) is 5.68. The van der Waals surface area contributed by atoms with Gasteiger partial charge in [0.25, 0.3) is 5.91 Å². The fourth-order valence-electron chi connectivity index (χ4n) is 4.19. The van der Waals surface area contributed by atoms with Gasteiger partial charge >= 0.3 is 0 Å². The Labute approximate surface area is 178 Å². The molecule has 30 heavy (non-hydrogen) atoms. The molecule has 4 rings (SSSR count). The first-order chi connectivity index (χ1) is 14.5. The fraction of sp³-hybridized carbons (Fsp3) is 0.375. The zero-order valence-corrected chi connectivity index (χ0v) is 18.2. The van der Waals surface area contributed by atoms with Crippen molar-refractivity contribution in [2.45, 2.75) is 18.9 Å². The summed E-state index contributed by atoms with van der Waals surface area (Å²) < 4.78 is 7.35. The number of hydrogen-bond acceptors (Lipinski definition) is 4. The van der Waals surface area contributed by atoms with Crippen LogP contribution in [0.5, 0.6) is 5.75 Å². The molecule has 3 aromatic rings. The lowest BCUT2D eigenvalue weighted by atomic mass is 10.0. The molecule has 1 fully saturated rings. The molecule has 0 bridgehead atoms. The first kappa shape index (κ1) is 20.3. The van der Waals surface area contributed by atoms with Crippen LogP contribution in [0.1, 0.15) is 23.2 Å². The number of benzene rings is 1. The monoisotopic (exact) mass is 406 g/mol. The summed E-state index contributed by atoms with van der Waals surface area (Å²) in [5.74, 6) is 1.95. The van der Waals surface area contributed by atoms with Crippen molar-refractivity contribution in [1.29, 1.82) is 0 Å². The van der Waals surface area contributed by atoms with Gasteiger partial charge in [-0.1, -0.05) is 0 Å². The second kappa shape index (κ2) is 8.40. The van der Waals surface area contributed by atoms with E-state index in [0.29, 0.717) is 6.04 Å². The van der Waals surface area contributed by atoms with E-state index in [9.17, 15) is 4.79 Å². The summed E-state index contributed by atoms with van der Waals surface area (Å²) in [5.41, 5.74) is 2.85. The summed E-state index contributed by atoms with van der Waals surface area (Å²) in [5, 5.41) is 0. The third kappa shape index (κ3) is 3.87. The van der Waals surface area contributed by atoms with Crippen molar-refractivity contribution in [2.24, 2.45) is 0 Å². The van der Waals surface area contributed by atoms with Crippen LogP contribution < -0.4 is 9.64 Å². The Hall–Kier alpha value is -2.99. The molecule has 3 heterocycles. The van der Waals surface area contributed by atoms with E-state index in [2.05, 4.69) is 40.4 Å². The smallest absolute Gasteiger partial charge is 0.255 e. The van der Waals surface area contributed by atoms with Gasteiger partial charge in [-0.2, -0.15) is 0 Å². The van der Waals surface area contributed by atoms with Gasteiger partial charge < -0.3 is 23.8 Å². The molecule has 0 aliphatic carbocycles. The number of amides is 1. The minimum atomic E-state index is 0.112. The quantitative estimate of drug-likeness (QED) is 0.645. The maximum absolute atomic E-state index is 13.1. The lowest BCUT2D eigenvalue weighted by Crippen LogP contribution is -2.44. The highest BCUT2D eigenvalue weighted by Crippen LogP contribution is 2.28. The van der Waals surface area contributed by atoms with Crippen molar-refractivity contribution in [3.05, 3.63) is 60.3 Å². The normalized spacial score (nSPS) is 15.0. The molecular weight excluding hydrogens is 376 g/mol. The lowest BCUT2D eigenvalue weighted by Gasteiger charge is -2.35. The largest absolute Gasteiger partial charge is 0.497 e. The Morgan fingerprint density at radius 1 is 0.967 bits per heavy atom. The van der Waals surface area contributed by atoms with Gasteiger partial charge in [0.05, 0.1) is 12.7 Å². The first-order valence-corrected chi connectivity index (χ1v) is 10.4. The van der Waals surface area contributed by atoms with E-state index in [-0.39, 0.29) is 5.91 Å². The number of nitrogens with zero attached hydrogens (tertiary/aromatic N) is 4. The van der Waals surface area contributed by atoms with Crippen LogP contribution in [0.15, 0.2) is 54.7 Å². The van der Waals surface area contributed by atoms with E-state index in [1.54, 1.807) is 7.11 Å². The van der Waals surface area contributed by atoms with Gasteiger partial charge in [-0.05, 0) is 75.5 Å². The van der Waals surface area contributed by atoms with E-state index in [1.165, 1.54) is 0 Å². The van der Waals surface area contributed by atoms with Crippen LogP contribution in [0.3, 0.4) is 0 Å². The second-order valence-corrected chi connectivity index (χ2v) is 8.15. The van der Waals surface area contributed by atoms with E-state index >= 15 is 0 Å². The lowest BCUT2D eigenvalue weighted by molar-refractivity contribution is 0.0663. The van der Waals surface area contributed by atoms with Crippen LogP contribution in [0.4, 0.5) is 11.5 Å². The highest BCUT2D eigenvalue weighted by molar-refractivity contribution is 5.94. The summed E-state index contributed by atoms with van der Waals surface area (Å²) >= 11 is 0. The van der Waals surface area contributed by atoms with E-state index in [0.717, 1.165) is 54.3 Å². The van der Waals surface area contributed by atoms with E-state index in [4.69, 9.17) is 4.74 Å². The molecule has 1 aromatic carbocycles. The standard InChI is InChI=1S/C24H30N4O2/c1-25(2)19-13-15-27(16-14-19)24(29)18-5-6-21-9-12-23(28(21)17-18)26(3)20-7-10-22(30-4)11-8-20/h5-12,17,19H,13-16H2,1-4H3. The van der Waals surface area contributed by atoms with E-state index < -0.39 is 0 Å². The average molecular weight is 407 g/mol. The molecular formula is C24H30N4O2. The van der Waals surface area contributed by atoms with Crippen LogP contribution in [0.25, 0.3) is 5.52 Å². The van der Waals surface area contributed by atoms with Crippen molar-refractivity contribution in [3.8, 4) is 5.75 Å². The number of aromatic nitrogens is 1. The molecule has 0 atom stereocenters. The Bertz CT molecular complexity index is 1020. The highest BCUT2D eigenvalue weighted by Gasteiger charge is 2.25. The van der Waals surface area contributed by atoms with Gasteiger partial charge in [0.2, 0.25) is 0 Å². The number of anilines is 2. The Morgan fingerprint density at radius 2 is 1.63 bits per heavy atom. The Balaban J connectivity index is 1.57. The van der Waals surface area contributed by atoms with Gasteiger partial charge in [0.1, 0.15) is 11.6 Å². The number of hydrogen-bond donors (Lipinski definition) is 0. The minimum absolute atomic E-state index is 0.112. The van der Waals surface area contributed by atoms with Crippen LogP contribution in [0.2, 0.25) is 0 Å². The molecule has 0 saturated carbocycles. The molecule has 0 spiro atoms. The number of ether oxygens (including phenoxy) is 1. The topological polar surface area (TPSA) is 40.4 Å². The molecule has 1 aliphatic heterocycles. The number of rotatable bonds is 5. The van der Waals surface area contributed by atoms with Crippen molar-refractivity contribution >= 4 is 22.9 Å². The molecule has 0 N–H and O–H groups in total. The minimum Gasteiger partial charge on any atom is -0.497 e. The SMILES string of the molecule is COc1ccc(N(C)c2ccc3ccc(C(=O)N4CCC(N(C)C)CC4)cn23)cc1. The number of pyridine rings is 1. The van der Waals surface area contributed by atoms with Crippen molar-refractivity contribution < 1.29 is 9.53 Å². The maximum atomic E-state index is 13.1. The van der Waals surface area contributed by atoms with Gasteiger partial charge in [0.15, 0.2) is 0 Å². The maximum Gasteiger partial charge on any atom is 0.255 e. The van der Waals surface area contributed by atoms with Crippen molar-refractivity contribution in [3.63, 3.8) is 0 Å². The summed E-state index contributed by atoms with van der Waals surface area (Å²) in [6.45, 7) is 1.62. The van der Waals surface area contributed by atoms with Gasteiger partial charge in [-0.15, -0.1) is 0 Å². The summed E-state index contributed by atoms with van der Waals surface area (Å²) in [6.07, 6.45) is 4.01. The molecule has 2 aromatic heterocycles. The Morgan fingerprint density at radius 3 is 2.27 bits per heavy atom.